The van der Waals surface area contributed by atoms with Crippen LogP contribution in [0.15, 0.2) is 42.5 Å². The summed E-state index contributed by atoms with van der Waals surface area (Å²) in [6.07, 6.45) is 0.810. The Labute approximate surface area is 183 Å². The van der Waals surface area contributed by atoms with Gasteiger partial charge in [-0.05, 0) is 48.2 Å². The molecule has 0 bridgehead atoms. The van der Waals surface area contributed by atoms with Crippen LogP contribution in [0.3, 0.4) is 0 Å². The van der Waals surface area contributed by atoms with E-state index in [0.717, 1.165) is 0 Å². The molecule has 3 atom stereocenters. The fourth-order valence-electron chi connectivity index (χ4n) is 3.71. The Morgan fingerprint density at radius 2 is 1.75 bits per heavy atom. The minimum Gasteiger partial charge on any atom is -0.508 e. The highest BCUT2D eigenvalue weighted by Gasteiger charge is 2.38. The summed E-state index contributed by atoms with van der Waals surface area (Å²) < 4.78 is 0. The SMILES string of the molecule is N[C@H](C(=O)N1CCC[C@H]1C(=O)N[C@@H](Cc1ccc(O)c(O)c1)C(=O)O)c1ccc(O)cc1. The number of aromatic hydroxyl groups is 3. The van der Waals surface area contributed by atoms with E-state index in [1.807, 2.05) is 0 Å². The number of phenols is 3. The number of nitrogens with one attached hydrogen (secondary N) is 1. The van der Waals surface area contributed by atoms with E-state index in [-0.39, 0.29) is 17.9 Å². The number of hydrogen-bond acceptors (Lipinski definition) is 7. The highest BCUT2D eigenvalue weighted by atomic mass is 16.4. The van der Waals surface area contributed by atoms with Crippen molar-refractivity contribution < 1.29 is 34.8 Å². The van der Waals surface area contributed by atoms with Gasteiger partial charge in [0.1, 0.15) is 23.9 Å². The summed E-state index contributed by atoms with van der Waals surface area (Å²) in [6, 6.07) is 6.58. The minimum absolute atomic E-state index is 0.0356. The minimum atomic E-state index is -1.30. The molecule has 170 valence electrons. The zero-order valence-corrected chi connectivity index (χ0v) is 17.1. The lowest BCUT2D eigenvalue weighted by molar-refractivity contribution is -0.144. The van der Waals surface area contributed by atoms with Crippen LogP contribution in [0.25, 0.3) is 0 Å². The number of carboxylic acids is 1. The summed E-state index contributed by atoms with van der Waals surface area (Å²) >= 11 is 0. The van der Waals surface area contributed by atoms with Gasteiger partial charge in [0.05, 0.1) is 0 Å². The fourth-order valence-corrected chi connectivity index (χ4v) is 3.71. The van der Waals surface area contributed by atoms with Crippen LogP contribution in [0.4, 0.5) is 0 Å². The van der Waals surface area contributed by atoms with E-state index < -0.39 is 41.7 Å². The molecule has 32 heavy (non-hydrogen) atoms. The quantitative estimate of drug-likeness (QED) is 0.338. The smallest absolute Gasteiger partial charge is 0.326 e. The Morgan fingerprint density at radius 1 is 1.06 bits per heavy atom. The lowest BCUT2D eigenvalue weighted by Crippen LogP contribution is -2.52. The predicted octanol–water partition coefficient (Wildman–Crippen LogP) is 0.606. The molecule has 0 saturated carbocycles. The van der Waals surface area contributed by atoms with Crippen molar-refractivity contribution in [3.63, 3.8) is 0 Å². The number of likely N-dealkylation sites (tertiary alicyclic amines) is 1. The second-order valence-corrected chi connectivity index (χ2v) is 7.69. The van der Waals surface area contributed by atoms with Gasteiger partial charge in [-0.3, -0.25) is 9.59 Å². The zero-order valence-electron chi connectivity index (χ0n) is 17.1. The van der Waals surface area contributed by atoms with E-state index >= 15 is 0 Å². The zero-order chi connectivity index (χ0) is 23.4. The molecule has 1 fully saturated rings. The Bertz CT molecular complexity index is 1010. The normalized spacial score (nSPS) is 17.5. The van der Waals surface area contributed by atoms with Crippen molar-refractivity contribution in [3.8, 4) is 17.2 Å². The van der Waals surface area contributed by atoms with Crippen molar-refractivity contribution in [2.24, 2.45) is 5.73 Å². The number of nitrogens with two attached hydrogens (primary N) is 1. The van der Waals surface area contributed by atoms with Crippen LogP contribution in [0.5, 0.6) is 17.2 Å². The van der Waals surface area contributed by atoms with Crippen LogP contribution in [0, 0.1) is 0 Å². The maximum Gasteiger partial charge on any atom is 0.326 e. The lowest BCUT2D eigenvalue weighted by atomic mass is 10.0. The molecule has 0 aliphatic carbocycles. The van der Waals surface area contributed by atoms with E-state index in [1.54, 1.807) is 0 Å². The summed E-state index contributed by atoms with van der Waals surface area (Å²) in [5, 5.41) is 40.4. The van der Waals surface area contributed by atoms with Gasteiger partial charge in [0.15, 0.2) is 11.5 Å². The molecule has 1 aliphatic rings. The fraction of sp³-hybridized carbons (Fsp3) is 0.318. The summed E-state index contributed by atoms with van der Waals surface area (Å²) in [4.78, 5) is 38.8. The number of amides is 2. The standard InChI is InChI=1S/C22H25N3O7/c23-19(13-4-6-14(26)7-5-13)21(30)25-9-1-2-16(25)20(29)24-15(22(31)32)10-12-3-8-17(27)18(28)11-12/h3-8,11,15-16,19,26-28H,1-2,9-10,23H2,(H,24,29)(H,31,32)/t15-,16-,19-/m0/s1. The largest absolute Gasteiger partial charge is 0.508 e. The maximum absolute atomic E-state index is 12.9. The number of benzene rings is 2. The van der Waals surface area contributed by atoms with Crippen molar-refractivity contribution in [2.45, 2.75) is 37.4 Å². The van der Waals surface area contributed by atoms with Crippen LogP contribution >= 0.6 is 0 Å². The van der Waals surface area contributed by atoms with E-state index in [9.17, 15) is 34.8 Å². The van der Waals surface area contributed by atoms with Crippen molar-refractivity contribution in [2.75, 3.05) is 6.54 Å². The second-order valence-electron chi connectivity index (χ2n) is 7.69. The molecule has 0 unspecified atom stereocenters. The van der Waals surface area contributed by atoms with Crippen LogP contribution < -0.4 is 11.1 Å². The number of rotatable bonds is 7. The molecule has 7 N–H and O–H groups in total. The van der Waals surface area contributed by atoms with Gasteiger partial charge in [-0.1, -0.05) is 18.2 Å². The molecule has 0 aromatic heterocycles. The third-order valence-electron chi connectivity index (χ3n) is 5.45. The highest BCUT2D eigenvalue weighted by Crippen LogP contribution is 2.26. The number of hydrogen-bond donors (Lipinski definition) is 6. The Morgan fingerprint density at radius 3 is 2.38 bits per heavy atom. The van der Waals surface area contributed by atoms with Gasteiger partial charge in [-0.2, -0.15) is 0 Å². The molecule has 2 aromatic carbocycles. The molecule has 10 nitrogen and oxygen atoms in total. The molecule has 3 rings (SSSR count). The first-order chi connectivity index (χ1) is 15.2. The first-order valence-electron chi connectivity index (χ1n) is 10.1. The molecule has 2 aromatic rings. The third kappa shape index (κ3) is 5.09. The van der Waals surface area contributed by atoms with E-state index in [4.69, 9.17) is 5.73 Å². The van der Waals surface area contributed by atoms with Crippen molar-refractivity contribution >= 4 is 17.8 Å². The number of carbonyl (C=O) groups is 3. The number of phenolic OH excluding ortho intramolecular Hbond substituents is 3. The average molecular weight is 443 g/mol. The Hall–Kier alpha value is -3.79. The number of aliphatic carboxylic acids is 1. The summed E-state index contributed by atoms with van der Waals surface area (Å²) in [6.45, 7) is 0.312. The number of nitrogens with zero attached hydrogens (tertiary/aromatic N) is 1. The van der Waals surface area contributed by atoms with Crippen molar-refractivity contribution in [3.05, 3.63) is 53.6 Å². The molecular formula is C22H25N3O7. The monoisotopic (exact) mass is 443 g/mol. The number of carboxylic acid groups (broad SMARTS) is 1. The first-order valence-corrected chi connectivity index (χ1v) is 10.1. The highest BCUT2D eigenvalue weighted by molar-refractivity contribution is 5.92. The molecule has 1 heterocycles. The third-order valence-corrected chi connectivity index (χ3v) is 5.45. The van der Waals surface area contributed by atoms with Gasteiger partial charge < -0.3 is 36.4 Å². The van der Waals surface area contributed by atoms with Crippen molar-refractivity contribution in [1.29, 1.82) is 0 Å². The van der Waals surface area contributed by atoms with Crippen LogP contribution in [-0.2, 0) is 20.8 Å². The van der Waals surface area contributed by atoms with Crippen LogP contribution in [-0.4, -0.2) is 61.7 Å². The molecule has 2 amide bonds. The molecule has 0 spiro atoms. The van der Waals surface area contributed by atoms with Crippen LogP contribution in [0.1, 0.15) is 30.0 Å². The van der Waals surface area contributed by atoms with Crippen LogP contribution in [0.2, 0.25) is 0 Å². The number of carbonyl (C=O) groups excluding carboxylic acids is 2. The van der Waals surface area contributed by atoms with E-state index in [1.165, 1.54) is 47.4 Å². The summed E-state index contributed by atoms with van der Waals surface area (Å²) in [5.41, 5.74) is 6.95. The summed E-state index contributed by atoms with van der Waals surface area (Å²) in [5.74, 6) is -3.05. The average Bonchev–Trinajstić information content (AvgIpc) is 3.25. The lowest BCUT2D eigenvalue weighted by Gasteiger charge is -2.28. The maximum atomic E-state index is 12.9. The van der Waals surface area contributed by atoms with Gasteiger partial charge in [-0.15, -0.1) is 0 Å². The first kappa shape index (κ1) is 22.9. The molecule has 1 aliphatic heterocycles. The predicted molar refractivity (Wildman–Crippen MR) is 113 cm³/mol. The second kappa shape index (κ2) is 9.56. The van der Waals surface area contributed by atoms with Gasteiger partial charge in [-0.25, -0.2) is 4.79 Å². The van der Waals surface area contributed by atoms with Gasteiger partial charge in [0, 0.05) is 13.0 Å². The van der Waals surface area contributed by atoms with Crippen molar-refractivity contribution in [1.82, 2.24) is 10.2 Å². The van der Waals surface area contributed by atoms with E-state index in [0.29, 0.717) is 30.5 Å². The molecule has 10 heteroatoms. The topological polar surface area (TPSA) is 173 Å². The molecule has 1 saturated heterocycles. The van der Waals surface area contributed by atoms with Gasteiger partial charge >= 0.3 is 5.97 Å². The van der Waals surface area contributed by atoms with Gasteiger partial charge in [0.25, 0.3) is 0 Å². The Balaban J connectivity index is 1.70. The Kier molecular flexibility index (Phi) is 6.84. The summed E-state index contributed by atoms with van der Waals surface area (Å²) in [7, 11) is 0. The molecular weight excluding hydrogens is 418 g/mol. The van der Waals surface area contributed by atoms with E-state index in [2.05, 4.69) is 5.32 Å². The molecule has 0 radical (unpaired) electrons. The van der Waals surface area contributed by atoms with Gasteiger partial charge in [0.2, 0.25) is 11.8 Å².